The van der Waals surface area contributed by atoms with Crippen molar-refractivity contribution in [2.45, 2.75) is 57.6 Å². The van der Waals surface area contributed by atoms with E-state index in [4.69, 9.17) is 4.42 Å². The average molecular weight is 331 g/mol. The van der Waals surface area contributed by atoms with Crippen LogP contribution in [0.2, 0.25) is 0 Å². The Hall–Kier alpha value is -2.08. The molecule has 0 radical (unpaired) electrons. The van der Waals surface area contributed by atoms with Crippen molar-refractivity contribution in [3.63, 3.8) is 0 Å². The Kier molecular flexibility index (Phi) is 5.35. The smallest absolute Gasteiger partial charge is 0.228 e. The van der Waals surface area contributed by atoms with Gasteiger partial charge >= 0.3 is 0 Å². The van der Waals surface area contributed by atoms with Crippen LogP contribution in [0.15, 0.2) is 28.9 Å². The summed E-state index contributed by atoms with van der Waals surface area (Å²) in [4.78, 5) is 14.7. The van der Waals surface area contributed by atoms with Crippen molar-refractivity contribution in [2.24, 2.45) is 0 Å². The maximum Gasteiger partial charge on any atom is 0.228 e. The number of rotatable bonds is 5. The van der Waals surface area contributed by atoms with Crippen molar-refractivity contribution in [2.75, 3.05) is 6.54 Å². The molecule has 2 unspecified atom stereocenters. The highest BCUT2D eigenvalue weighted by Gasteiger charge is 2.28. The fraction of sp³-hybridized carbons (Fsp3) is 0.556. The normalized spacial score (nSPS) is 19.9. The number of carbonyl (C=O) groups excluding carboxylic acids is 1. The number of likely N-dealkylation sites (tertiary alicyclic amines) is 1. The highest BCUT2D eigenvalue weighted by atomic mass is 16.4. The lowest BCUT2D eigenvalue weighted by atomic mass is 10.0. The number of aromatic amines is 1. The third kappa shape index (κ3) is 4.06. The minimum absolute atomic E-state index is 0.0418. The van der Waals surface area contributed by atoms with E-state index in [-0.39, 0.29) is 11.9 Å². The topological polar surface area (TPSA) is 82.4 Å². The molecule has 1 saturated heterocycles. The summed E-state index contributed by atoms with van der Waals surface area (Å²) in [6.07, 6.45) is 5.85. The fourth-order valence-electron chi connectivity index (χ4n) is 3.43. The second-order valence-corrected chi connectivity index (χ2v) is 6.58. The Morgan fingerprint density at radius 3 is 3.08 bits per heavy atom. The molecule has 3 rings (SSSR count). The van der Waals surface area contributed by atoms with Gasteiger partial charge in [-0.15, -0.1) is 0 Å². The molecule has 2 atom stereocenters. The summed E-state index contributed by atoms with van der Waals surface area (Å²) in [5.74, 6) is 0.648. The lowest BCUT2D eigenvalue weighted by Gasteiger charge is -2.31. The van der Waals surface area contributed by atoms with Gasteiger partial charge in [0.1, 0.15) is 11.9 Å². The van der Waals surface area contributed by atoms with Gasteiger partial charge in [0.2, 0.25) is 5.91 Å². The minimum Gasteiger partial charge on any atom is -0.467 e. The van der Waals surface area contributed by atoms with E-state index < -0.39 is 6.10 Å². The average Bonchev–Trinajstić information content (AvgIpc) is 3.16. The standard InChI is InChI=1S/C18H25N3O3/c1-13-10-14(20-19-13)11-18(23)21-8-4-2-3-6-15(21)12-16(22)17-7-5-9-24-17/h5,7,9-10,15-16,22H,2-4,6,8,11-12H2,1H3,(H,19,20). The molecule has 24 heavy (non-hydrogen) atoms. The third-order valence-corrected chi connectivity index (χ3v) is 4.66. The van der Waals surface area contributed by atoms with E-state index in [1.165, 1.54) is 0 Å². The van der Waals surface area contributed by atoms with E-state index in [2.05, 4.69) is 10.2 Å². The van der Waals surface area contributed by atoms with Crippen LogP contribution in [0.3, 0.4) is 0 Å². The molecule has 3 heterocycles. The van der Waals surface area contributed by atoms with Gasteiger partial charge in [0.25, 0.3) is 0 Å². The van der Waals surface area contributed by atoms with Gasteiger partial charge < -0.3 is 14.4 Å². The first-order chi connectivity index (χ1) is 11.6. The number of nitrogens with one attached hydrogen (secondary N) is 1. The van der Waals surface area contributed by atoms with E-state index in [1.807, 2.05) is 17.9 Å². The van der Waals surface area contributed by atoms with Gasteiger partial charge in [0.15, 0.2) is 0 Å². The van der Waals surface area contributed by atoms with Gasteiger partial charge in [-0.25, -0.2) is 0 Å². The minimum atomic E-state index is -0.675. The summed E-state index contributed by atoms with van der Waals surface area (Å²) in [5, 5.41) is 17.4. The molecule has 2 aromatic rings. The summed E-state index contributed by atoms with van der Waals surface area (Å²) in [5.41, 5.74) is 1.73. The van der Waals surface area contributed by atoms with Gasteiger partial charge in [-0.1, -0.05) is 12.8 Å². The van der Waals surface area contributed by atoms with Gasteiger partial charge in [0.05, 0.1) is 18.4 Å². The summed E-state index contributed by atoms with van der Waals surface area (Å²) >= 11 is 0. The van der Waals surface area contributed by atoms with Crippen LogP contribution in [0.1, 0.15) is 55.4 Å². The molecule has 1 amide bonds. The van der Waals surface area contributed by atoms with Crippen LogP contribution in [-0.4, -0.2) is 38.7 Å². The van der Waals surface area contributed by atoms with E-state index in [0.717, 1.165) is 43.6 Å². The van der Waals surface area contributed by atoms with Crippen LogP contribution >= 0.6 is 0 Å². The van der Waals surface area contributed by atoms with Gasteiger partial charge in [0, 0.05) is 24.7 Å². The third-order valence-electron chi connectivity index (χ3n) is 4.66. The number of hydrogen-bond acceptors (Lipinski definition) is 4. The molecule has 6 nitrogen and oxygen atoms in total. The van der Waals surface area contributed by atoms with Gasteiger partial charge in [-0.3, -0.25) is 9.89 Å². The van der Waals surface area contributed by atoms with Crippen LogP contribution in [-0.2, 0) is 11.2 Å². The zero-order valence-corrected chi connectivity index (χ0v) is 14.1. The van der Waals surface area contributed by atoms with Crippen molar-refractivity contribution < 1.29 is 14.3 Å². The molecule has 0 saturated carbocycles. The summed E-state index contributed by atoms with van der Waals surface area (Å²) in [6.45, 7) is 2.67. The monoisotopic (exact) mass is 331 g/mol. The molecule has 1 fully saturated rings. The number of aromatic nitrogens is 2. The number of nitrogens with zero attached hydrogens (tertiary/aromatic N) is 2. The van der Waals surface area contributed by atoms with Crippen molar-refractivity contribution in [3.8, 4) is 0 Å². The lowest BCUT2D eigenvalue weighted by molar-refractivity contribution is -0.133. The van der Waals surface area contributed by atoms with Crippen LogP contribution < -0.4 is 0 Å². The van der Waals surface area contributed by atoms with Gasteiger partial charge in [-0.05, 0) is 38.0 Å². The molecular formula is C18H25N3O3. The molecule has 0 aromatic carbocycles. The molecule has 2 N–H and O–H groups in total. The molecule has 6 heteroatoms. The van der Waals surface area contributed by atoms with E-state index in [9.17, 15) is 9.90 Å². The van der Waals surface area contributed by atoms with Crippen molar-refractivity contribution in [1.29, 1.82) is 0 Å². The maximum absolute atomic E-state index is 12.8. The van der Waals surface area contributed by atoms with Crippen molar-refractivity contribution in [3.05, 3.63) is 41.6 Å². The highest BCUT2D eigenvalue weighted by molar-refractivity contribution is 5.78. The number of hydrogen-bond donors (Lipinski definition) is 2. The number of aliphatic hydroxyl groups is 1. The molecular weight excluding hydrogens is 306 g/mol. The Labute approximate surface area is 141 Å². The second-order valence-electron chi connectivity index (χ2n) is 6.58. The zero-order valence-electron chi connectivity index (χ0n) is 14.1. The summed E-state index contributed by atoms with van der Waals surface area (Å²) in [7, 11) is 0. The zero-order chi connectivity index (χ0) is 16.9. The predicted molar refractivity (Wildman–Crippen MR) is 89.3 cm³/mol. The van der Waals surface area contributed by atoms with E-state index in [0.29, 0.717) is 18.6 Å². The number of H-pyrrole nitrogens is 1. The quantitative estimate of drug-likeness (QED) is 0.882. The molecule has 130 valence electrons. The molecule has 1 aliphatic heterocycles. The summed E-state index contributed by atoms with van der Waals surface area (Å²) < 4.78 is 5.29. The van der Waals surface area contributed by atoms with Crippen LogP contribution in [0, 0.1) is 6.92 Å². The van der Waals surface area contributed by atoms with Gasteiger partial charge in [-0.2, -0.15) is 5.10 Å². The largest absolute Gasteiger partial charge is 0.467 e. The fourth-order valence-corrected chi connectivity index (χ4v) is 3.43. The number of aryl methyl sites for hydroxylation is 1. The molecule has 0 spiro atoms. The molecule has 1 aliphatic rings. The first kappa shape index (κ1) is 16.8. The number of amides is 1. The van der Waals surface area contributed by atoms with Crippen LogP contribution in [0.5, 0.6) is 0 Å². The number of carbonyl (C=O) groups is 1. The van der Waals surface area contributed by atoms with Crippen molar-refractivity contribution >= 4 is 5.91 Å². The van der Waals surface area contributed by atoms with E-state index >= 15 is 0 Å². The lowest BCUT2D eigenvalue weighted by Crippen LogP contribution is -2.41. The van der Waals surface area contributed by atoms with Crippen LogP contribution in [0.25, 0.3) is 0 Å². The Morgan fingerprint density at radius 1 is 1.50 bits per heavy atom. The molecule has 0 bridgehead atoms. The van der Waals surface area contributed by atoms with Crippen molar-refractivity contribution in [1.82, 2.24) is 15.1 Å². The van der Waals surface area contributed by atoms with Crippen LogP contribution in [0.4, 0.5) is 0 Å². The summed E-state index contributed by atoms with van der Waals surface area (Å²) in [6, 6.07) is 5.50. The Balaban J connectivity index is 1.68. The maximum atomic E-state index is 12.8. The Morgan fingerprint density at radius 2 is 2.38 bits per heavy atom. The Bertz CT molecular complexity index is 650. The molecule has 2 aromatic heterocycles. The van der Waals surface area contributed by atoms with E-state index in [1.54, 1.807) is 18.4 Å². The number of aliphatic hydroxyl groups excluding tert-OH is 1. The number of furan rings is 1. The SMILES string of the molecule is Cc1cc(CC(=O)N2CCCCCC2CC(O)c2ccco2)n[nH]1. The highest BCUT2D eigenvalue weighted by Crippen LogP contribution is 2.27. The first-order valence-corrected chi connectivity index (χ1v) is 8.65. The molecule has 0 aliphatic carbocycles. The first-order valence-electron chi connectivity index (χ1n) is 8.65. The second kappa shape index (κ2) is 7.66. The predicted octanol–water partition coefficient (Wildman–Crippen LogP) is 2.75.